The number of carbonyl (C=O) groups is 2. The molecule has 0 atom stereocenters. The summed E-state index contributed by atoms with van der Waals surface area (Å²) in [6.07, 6.45) is 1.82. The monoisotopic (exact) mass is 265 g/mol. The second-order valence-corrected chi connectivity index (χ2v) is 4.13. The van der Waals surface area contributed by atoms with E-state index in [-0.39, 0.29) is 5.56 Å². The topological polar surface area (TPSA) is 75.6 Å². The van der Waals surface area contributed by atoms with E-state index in [1.807, 2.05) is 6.92 Å². The Morgan fingerprint density at radius 1 is 1.32 bits per heavy atom. The summed E-state index contributed by atoms with van der Waals surface area (Å²) in [5, 5.41) is 11.6. The molecule has 0 aromatic heterocycles. The molecule has 1 aromatic rings. The maximum atomic E-state index is 11.3. The Morgan fingerprint density at radius 2 is 2.05 bits per heavy atom. The number of hydrogen-bond donors (Lipinski definition) is 2. The molecule has 1 rings (SSSR count). The van der Waals surface area contributed by atoms with Gasteiger partial charge in [0.05, 0.1) is 12.2 Å². The number of rotatable bonds is 7. The van der Waals surface area contributed by atoms with Gasteiger partial charge in [0.2, 0.25) is 0 Å². The molecule has 0 aliphatic rings. The molecule has 0 aliphatic heterocycles. The number of hydrogen-bond acceptors (Lipinski definition) is 3. The van der Waals surface area contributed by atoms with Gasteiger partial charge < -0.3 is 15.2 Å². The summed E-state index contributed by atoms with van der Waals surface area (Å²) in [6, 6.07) is 6.76. The molecular formula is C14H19NO4. The molecule has 0 saturated carbocycles. The number of carboxylic acid groups (broad SMARTS) is 1. The van der Waals surface area contributed by atoms with Gasteiger partial charge in [0.25, 0.3) is 0 Å². The second kappa shape index (κ2) is 8.13. The van der Waals surface area contributed by atoms with Crippen molar-refractivity contribution in [3.05, 3.63) is 35.4 Å². The minimum atomic E-state index is -0.957. The Kier molecular flexibility index (Phi) is 6.43. The number of carboxylic acids is 1. The van der Waals surface area contributed by atoms with Crippen LogP contribution < -0.4 is 5.32 Å². The van der Waals surface area contributed by atoms with Crippen molar-refractivity contribution in [1.82, 2.24) is 5.32 Å². The highest BCUT2D eigenvalue weighted by atomic mass is 16.5. The summed E-state index contributed by atoms with van der Waals surface area (Å²) in [5.74, 6) is -0.957. The van der Waals surface area contributed by atoms with Gasteiger partial charge in [0.15, 0.2) is 0 Å². The molecule has 104 valence electrons. The fourth-order valence-electron chi connectivity index (χ4n) is 1.61. The first-order chi connectivity index (χ1) is 9.15. The van der Waals surface area contributed by atoms with Crippen LogP contribution in [0.25, 0.3) is 0 Å². The highest BCUT2D eigenvalue weighted by Gasteiger charge is 2.09. The van der Waals surface area contributed by atoms with Crippen LogP contribution in [0.1, 0.15) is 35.7 Å². The zero-order valence-electron chi connectivity index (χ0n) is 11.0. The minimum Gasteiger partial charge on any atom is -0.478 e. The van der Waals surface area contributed by atoms with Gasteiger partial charge in [0, 0.05) is 6.54 Å². The summed E-state index contributed by atoms with van der Waals surface area (Å²) in [5.41, 5.74) is 0.965. The Bertz CT molecular complexity index is 431. The van der Waals surface area contributed by atoms with Crippen molar-refractivity contribution < 1.29 is 19.4 Å². The van der Waals surface area contributed by atoms with Crippen molar-refractivity contribution in [1.29, 1.82) is 0 Å². The molecule has 0 unspecified atom stereocenters. The van der Waals surface area contributed by atoms with E-state index in [4.69, 9.17) is 9.84 Å². The first-order valence-corrected chi connectivity index (χ1v) is 6.37. The van der Waals surface area contributed by atoms with Crippen molar-refractivity contribution in [3.8, 4) is 0 Å². The minimum absolute atomic E-state index is 0.267. The van der Waals surface area contributed by atoms with E-state index in [0.29, 0.717) is 25.1 Å². The molecule has 0 heterocycles. The van der Waals surface area contributed by atoms with E-state index in [1.54, 1.807) is 24.3 Å². The van der Waals surface area contributed by atoms with Crippen LogP contribution in [0.5, 0.6) is 0 Å². The summed E-state index contributed by atoms with van der Waals surface area (Å²) >= 11 is 0. The van der Waals surface area contributed by atoms with Gasteiger partial charge in [-0.25, -0.2) is 9.59 Å². The molecule has 0 aliphatic carbocycles. The Hall–Kier alpha value is -2.04. The molecule has 0 saturated heterocycles. The van der Waals surface area contributed by atoms with Crippen molar-refractivity contribution in [2.75, 3.05) is 13.2 Å². The molecule has 19 heavy (non-hydrogen) atoms. The number of aromatic carboxylic acids is 1. The number of ether oxygens (including phenoxy) is 1. The largest absolute Gasteiger partial charge is 0.478 e. The van der Waals surface area contributed by atoms with E-state index in [2.05, 4.69) is 5.32 Å². The quantitative estimate of drug-likeness (QED) is 0.742. The Morgan fingerprint density at radius 3 is 2.74 bits per heavy atom. The van der Waals surface area contributed by atoms with E-state index in [9.17, 15) is 9.59 Å². The number of unbranched alkanes of at least 4 members (excludes halogenated alkanes) is 1. The van der Waals surface area contributed by atoms with Gasteiger partial charge in [-0.3, -0.25) is 0 Å². The third kappa shape index (κ3) is 5.42. The van der Waals surface area contributed by atoms with Gasteiger partial charge >= 0.3 is 12.1 Å². The zero-order valence-corrected chi connectivity index (χ0v) is 11.0. The Balaban J connectivity index is 2.37. The SMILES string of the molecule is CCCCOC(=O)NCCc1ccccc1C(=O)O. The van der Waals surface area contributed by atoms with Gasteiger partial charge in [-0.1, -0.05) is 31.5 Å². The van der Waals surface area contributed by atoms with Gasteiger partial charge in [-0.05, 0) is 24.5 Å². The van der Waals surface area contributed by atoms with E-state index in [0.717, 1.165) is 12.8 Å². The van der Waals surface area contributed by atoms with Crippen molar-refractivity contribution >= 4 is 12.1 Å². The van der Waals surface area contributed by atoms with Crippen molar-refractivity contribution in [2.24, 2.45) is 0 Å². The number of nitrogens with one attached hydrogen (secondary N) is 1. The van der Waals surface area contributed by atoms with E-state index in [1.165, 1.54) is 0 Å². The van der Waals surface area contributed by atoms with Crippen LogP contribution in [0.4, 0.5) is 4.79 Å². The second-order valence-electron chi connectivity index (χ2n) is 4.13. The fraction of sp³-hybridized carbons (Fsp3) is 0.429. The van der Waals surface area contributed by atoms with Crippen LogP contribution in [0.15, 0.2) is 24.3 Å². The number of benzene rings is 1. The molecular weight excluding hydrogens is 246 g/mol. The molecule has 1 aromatic carbocycles. The predicted octanol–water partition coefficient (Wildman–Crippen LogP) is 2.45. The highest BCUT2D eigenvalue weighted by Crippen LogP contribution is 2.08. The molecule has 0 spiro atoms. The smallest absolute Gasteiger partial charge is 0.407 e. The maximum Gasteiger partial charge on any atom is 0.407 e. The summed E-state index contributed by atoms with van der Waals surface area (Å²) < 4.78 is 4.93. The van der Waals surface area contributed by atoms with Crippen LogP contribution in [0.2, 0.25) is 0 Å². The molecule has 5 nitrogen and oxygen atoms in total. The van der Waals surface area contributed by atoms with Crippen LogP contribution >= 0.6 is 0 Å². The fourth-order valence-corrected chi connectivity index (χ4v) is 1.61. The molecule has 1 amide bonds. The van der Waals surface area contributed by atoms with E-state index >= 15 is 0 Å². The van der Waals surface area contributed by atoms with Gasteiger partial charge in [0.1, 0.15) is 0 Å². The lowest BCUT2D eigenvalue weighted by atomic mass is 10.0. The normalized spacial score (nSPS) is 9.95. The highest BCUT2D eigenvalue weighted by molar-refractivity contribution is 5.89. The lowest BCUT2D eigenvalue weighted by molar-refractivity contribution is 0.0695. The van der Waals surface area contributed by atoms with E-state index < -0.39 is 12.1 Å². The Labute approximate surface area is 112 Å². The summed E-state index contributed by atoms with van der Waals surface area (Å²) in [6.45, 7) is 2.79. The molecule has 2 N–H and O–H groups in total. The lowest BCUT2D eigenvalue weighted by Gasteiger charge is -2.08. The lowest BCUT2D eigenvalue weighted by Crippen LogP contribution is -2.27. The van der Waals surface area contributed by atoms with Crippen LogP contribution in [-0.4, -0.2) is 30.3 Å². The standard InChI is InChI=1S/C14H19NO4/c1-2-3-10-19-14(18)15-9-8-11-6-4-5-7-12(11)13(16)17/h4-7H,2-3,8-10H2,1H3,(H,15,18)(H,16,17). The zero-order chi connectivity index (χ0) is 14.1. The summed E-state index contributed by atoms with van der Waals surface area (Å²) in [4.78, 5) is 22.3. The predicted molar refractivity (Wildman–Crippen MR) is 71.4 cm³/mol. The third-order valence-corrected chi connectivity index (χ3v) is 2.64. The van der Waals surface area contributed by atoms with Gasteiger partial charge in [-0.2, -0.15) is 0 Å². The van der Waals surface area contributed by atoms with Crippen LogP contribution in [0, 0.1) is 0 Å². The third-order valence-electron chi connectivity index (χ3n) is 2.64. The number of carbonyl (C=O) groups excluding carboxylic acids is 1. The average Bonchev–Trinajstić information content (AvgIpc) is 2.39. The number of amides is 1. The van der Waals surface area contributed by atoms with Gasteiger partial charge in [-0.15, -0.1) is 0 Å². The molecule has 0 fully saturated rings. The van der Waals surface area contributed by atoms with Crippen molar-refractivity contribution in [3.63, 3.8) is 0 Å². The van der Waals surface area contributed by atoms with Crippen LogP contribution in [0.3, 0.4) is 0 Å². The molecule has 0 bridgehead atoms. The molecule has 5 heteroatoms. The maximum absolute atomic E-state index is 11.3. The van der Waals surface area contributed by atoms with Crippen molar-refractivity contribution in [2.45, 2.75) is 26.2 Å². The number of alkyl carbamates (subject to hydrolysis) is 1. The molecule has 0 radical (unpaired) electrons. The first kappa shape index (κ1) is 15.0. The summed E-state index contributed by atoms with van der Waals surface area (Å²) in [7, 11) is 0. The average molecular weight is 265 g/mol. The first-order valence-electron chi connectivity index (χ1n) is 6.37. The van der Waals surface area contributed by atoms with Crippen LogP contribution in [-0.2, 0) is 11.2 Å².